The molecule has 3 rings (SSSR count). The number of barbiturate groups is 2. The van der Waals surface area contributed by atoms with Crippen molar-refractivity contribution in [1.82, 2.24) is 21.3 Å². The molecule has 1 aromatic rings. The molecule has 0 aromatic heterocycles. The van der Waals surface area contributed by atoms with Crippen LogP contribution in [0.4, 0.5) is 9.59 Å². The quantitative estimate of drug-likeness (QED) is 0.382. The van der Waals surface area contributed by atoms with Crippen molar-refractivity contribution in [2.75, 3.05) is 0 Å². The van der Waals surface area contributed by atoms with E-state index in [-0.39, 0.29) is 15.6 Å². The molecule has 144 valence electrons. The third-order valence-corrected chi connectivity index (χ3v) is 4.27. The normalized spacial score (nSPS) is 19.9. The van der Waals surface area contributed by atoms with Crippen LogP contribution in [0, 0.1) is 0 Å². The number of carbonyl (C=O) groups is 6. The number of carbonyl (C=O) groups excluding carboxylic acids is 6. The lowest BCUT2D eigenvalue weighted by atomic mass is 9.87. The van der Waals surface area contributed by atoms with E-state index < -0.39 is 47.3 Å². The average molecular weight is 427 g/mol. The molecule has 2 heterocycles. The fourth-order valence-corrected chi connectivity index (χ4v) is 3.00. The molecule has 2 saturated heterocycles. The van der Waals surface area contributed by atoms with Gasteiger partial charge in [-0.15, -0.1) is 0 Å². The summed E-state index contributed by atoms with van der Waals surface area (Å²) in [6, 6.07) is -0.316. The summed E-state index contributed by atoms with van der Waals surface area (Å²) < 4.78 is 0. The summed E-state index contributed by atoms with van der Waals surface area (Å²) in [5.41, 5.74) is -2.74. The van der Waals surface area contributed by atoms with Crippen LogP contribution in [0.3, 0.4) is 0 Å². The van der Waals surface area contributed by atoms with Crippen LogP contribution < -0.4 is 21.3 Å². The summed E-state index contributed by atoms with van der Waals surface area (Å²) in [6.45, 7) is 0. The van der Waals surface area contributed by atoms with Crippen LogP contribution >= 0.6 is 23.2 Å². The third-order valence-electron chi connectivity index (χ3n) is 3.73. The van der Waals surface area contributed by atoms with Crippen molar-refractivity contribution in [1.29, 1.82) is 0 Å². The standard InChI is InChI=1S/C14H8Cl2N6O6/c15-4-1-2-5(6(16)3-4)14(10(25)19-13(28)20-11(14)26)22-21-7-8(23)17-12(27)18-9(7)24/h1-3,7H,(H2,17,18,23,24,27)(H2,19,20,25,26,28). The number of azo groups is 1. The van der Waals surface area contributed by atoms with Gasteiger partial charge in [-0.1, -0.05) is 29.3 Å². The maximum absolute atomic E-state index is 12.6. The molecule has 0 atom stereocenters. The Kier molecular flexibility index (Phi) is 4.83. The highest BCUT2D eigenvalue weighted by Gasteiger charge is 2.54. The fraction of sp³-hybridized carbons (Fsp3) is 0.143. The van der Waals surface area contributed by atoms with Crippen LogP contribution in [-0.2, 0) is 24.7 Å². The monoisotopic (exact) mass is 426 g/mol. The van der Waals surface area contributed by atoms with Crippen LogP contribution in [0.2, 0.25) is 10.0 Å². The average Bonchev–Trinajstić information content (AvgIpc) is 2.56. The Labute approximate surface area is 165 Å². The number of rotatable bonds is 3. The van der Waals surface area contributed by atoms with Gasteiger partial charge in [0, 0.05) is 15.6 Å². The van der Waals surface area contributed by atoms with Crippen LogP contribution in [0.15, 0.2) is 28.4 Å². The zero-order valence-electron chi connectivity index (χ0n) is 13.4. The molecule has 2 aliphatic rings. The van der Waals surface area contributed by atoms with Gasteiger partial charge >= 0.3 is 12.1 Å². The van der Waals surface area contributed by atoms with E-state index >= 15 is 0 Å². The van der Waals surface area contributed by atoms with E-state index in [0.29, 0.717) is 0 Å². The van der Waals surface area contributed by atoms with Crippen molar-refractivity contribution in [3.63, 3.8) is 0 Å². The molecule has 8 amide bonds. The summed E-state index contributed by atoms with van der Waals surface area (Å²) in [5, 5.41) is 14.4. The van der Waals surface area contributed by atoms with Crippen molar-refractivity contribution in [3.8, 4) is 0 Å². The van der Waals surface area contributed by atoms with Crippen LogP contribution in [0.25, 0.3) is 0 Å². The van der Waals surface area contributed by atoms with E-state index in [9.17, 15) is 28.8 Å². The first-order valence-corrected chi connectivity index (χ1v) is 8.11. The second-order valence-corrected chi connectivity index (χ2v) is 6.34. The lowest BCUT2D eigenvalue weighted by Gasteiger charge is -2.30. The van der Waals surface area contributed by atoms with Crippen LogP contribution in [-0.4, -0.2) is 41.7 Å². The van der Waals surface area contributed by atoms with E-state index in [4.69, 9.17) is 23.2 Å². The van der Waals surface area contributed by atoms with Crippen molar-refractivity contribution < 1.29 is 28.8 Å². The van der Waals surface area contributed by atoms with Crippen LogP contribution in [0.1, 0.15) is 5.56 Å². The minimum Gasteiger partial charge on any atom is -0.275 e. The second kappa shape index (κ2) is 6.98. The third kappa shape index (κ3) is 3.18. The van der Waals surface area contributed by atoms with E-state index in [0.717, 1.165) is 0 Å². The Hall–Kier alpha value is -3.38. The molecule has 2 aliphatic heterocycles. The Balaban J connectivity index is 2.12. The molecule has 0 spiro atoms. The number of urea groups is 2. The van der Waals surface area contributed by atoms with Gasteiger partial charge in [0.15, 0.2) is 0 Å². The van der Waals surface area contributed by atoms with E-state index in [2.05, 4.69) is 10.2 Å². The highest BCUT2D eigenvalue weighted by molar-refractivity contribution is 6.36. The van der Waals surface area contributed by atoms with Gasteiger partial charge in [-0.05, 0) is 12.1 Å². The molecule has 4 N–H and O–H groups in total. The molecular weight excluding hydrogens is 419 g/mol. The van der Waals surface area contributed by atoms with Gasteiger partial charge in [-0.2, -0.15) is 10.2 Å². The Bertz CT molecular complexity index is 953. The molecule has 2 fully saturated rings. The van der Waals surface area contributed by atoms with E-state index in [1.165, 1.54) is 18.2 Å². The molecule has 0 bridgehead atoms. The van der Waals surface area contributed by atoms with Gasteiger partial charge in [0.1, 0.15) is 0 Å². The first-order valence-electron chi connectivity index (χ1n) is 7.35. The van der Waals surface area contributed by atoms with E-state index in [1.54, 1.807) is 10.6 Å². The molecule has 0 aliphatic carbocycles. The molecule has 28 heavy (non-hydrogen) atoms. The largest absolute Gasteiger partial charge is 0.328 e. The molecule has 12 nitrogen and oxygen atoms in total. The van der Waals surface area contributed by atoms with Gasteiger partial charge in [0.25, 0.3) is 29.2 Å². The van der Waals surface area contributed by atoms with Crippen LogP contribution in [0.5, 0.6) is 0 Å². The predicted molar refractivity (Wildman–Crippen MR) is 90.1 cm³/mol. The Morgan fingerprint density at radius 2 is 1.36 bits per heavy atom. The highest BCUT2D eigenvalue weighted by Crippen LogP contribution is 2.36. The zero-order chi connectivity index (χ0) is 20.6. The maximum Gasteiger partial charge on any atom is 0.328 e. The zero-order valence-corrected chi connectivity index (χ0v) is 14.9. The highest BCUT2D eigenvalue weighted by atomic mass is 35.5. The minimum atomic E-state index is -2.53. The number of hydrogen-bond acceptors (Lipinski definition) is 8. The van der Waals surface area contributed by atoms with Gasteiger partial charge < -0.3 is 0 Å². The van der Waals surface area contributed by atoms with Crippen molar-refractivity contribution >= 4 is 58.9 Å². The maximum atomic E-state index is 12.6. The predicted octanol–water partition coefficient (Wildman–Crippen LogP) is -0.259. The van der Waals surface area contributed by atoms with Gasteiger partial charge in [-0.25, -0.2) is 9.59 Å². The summed E-state index contributed by atoms with van der Waals surface area (Å²) in [4.78, 5) is 71.3. The molecule has 0 saturated carbocycles. The lowest BCUT2D eigenvalue weighted by Crippen LogP contribution is -2.64. The number of nitrogens with one attached hydrogen (secondary N) is 4. The Morgan fingerprint density at radius 3 is 1.89 bits per heavy atom. The summed E-state index contributed by atoms with van der Waals surface area (Å²) in [6.07, 6.45) is 0. The number of nitrogens with zero attached hydrogens (tertiary/aromatic N) is 2. The SMILES string of the molecule is O=C1NC(=O)C(N=NC2(c3ccc(Cl)cc3Cl)C(=O)NC(=O)NC2=O)C(=O)N1. The van der Waals surface area contributed by atoms with Gasteiger partial charge in [0.2, 0.25) is 6.04 Å². The Morgan fingerprint density at radius 1 is 0.821 bits per heavy atom. The molecule has 0 unspecified atom stereocenters. The van der Waals surface area contributed by atoms with Crippen molar-refractivity contribution in [3.05, 3.63) is 33.8 Å². The molecule has 14 heteroatoms. The van der Waals surface area contributed by atoms with Gasteiger partial charge in [0.05, 0.1) is 0 Å². The molecule has 1 aromatic carbocycles. The number of hydrogen-bond donors (Lipinski definition) is 4. The number of halogens is 2. The first-order chi connectivity index (χ1) is 13.1. The first kappa shape index (κ1) is 19.4. The lowest BCUT2D eigenvalue weighted by molar-refractivity contribution is -0.139. The van der Waals surface area contributed by atoms with Crippen molar-refractivity contribution in [2.45, 2.75) is 11.6 Å². The van der Waals surface area contributed by atoms with Gasteiger partial charge in [-0.3, -0.25) is 40.4 Å². The second-order valence-electron chi connectivity index (χ2n) is 5.50. The number of benzene rings is 1. The summed E-state index contributed by atoms with van der Waals surface area (Å²) in [5.74, 6) is -4.69. The number of imide groups is 4. The molecule has 0 radical (unpaired) electrons. The smallest absolute Gasteiger partial charge is 0.275 e. The summed E-state index contributed by atoms with van der Waals surface area (Å²) >= 11 is 11.9. The topological polar surface area (TPSA) is 175 Å². The summed E-state index contributed by atoms with van der Waals surface area (Å²) in [7, 11) is 0. The number of amides is 8. The minimum absolute atomic E-state index is 0.168. The fourth-order valence-electron chi connectivity index (χ4n) is 2.45. The van der Waals surface area contributed by atoms with Crippen molar-refractivity contribution in [2.24, 2.45) is 10.2 Å². The van der Waals surface area contributed by atoms with E-state index in [1.807, 2.05) is 10.6 Å². The molecular formula is C14H8Cl2N6O6.